The second kappa shape index (κ2) is 27.4. The van der Waals surface area contributed by atoms with E-state index >= 15 is 0 Å². The molecule has 0 aliphatic carbocycles. The van der Waals surface area contributed by atoms with Gasteiger partial charge in [-0.2, -0.15) is 0 Å². The van der Waals surface area contributed by atoms with E-state index in [9.17, 15) is 11.0 Å². The van der Waals surface area contributed by atoms with E-state index in [-0.39, 0.29) is 61.0 Å². The van der Waals surface area contributed by atoms with Gasteiger partial charge in [-0.1, -0.05) is 310 Å². The Bertz CT molecular complexity index is 7990. The predicted octanol–water partition coefficient (Wildman–Crippen LogP) is 29.6. The lowest BCUT2D eigenvalue weighted by atomic mass is 9.33. The van der Waals surface area contributed by atoms with E-state index in [0.717, 1.165) is 156 Å². The Morgan fingerprint density at radius 3 is 1.01 bits per heavy atom. The van der Waals surface area contributed by atoms with Crippen molar-refractivity contribution in [2.45, 2.75) is 131 Å². The number of hydrogen-bond donors (Lipinski definition) is 0. The molecule has 0 bridgehead atoms. The smallest absolute Gasteiger partial charge is 0.252 e. The number of para-hydroxylation sites is 4. The normalized spacial score (nSPS) is 14.2. The first kappa shape index (κ1) is 67.1. The maximum absolute atomic E-state index is 10.1. The summed E-state index contributed by atoms with van der Waals surface area (Å²) in [6, 6.07) is 105. The summed E-state index contributed by atoms with van der Waals surface area (Å²) in [7, 11) is 0. The van der Waals surface area contributed by atoms with Crippen molar-refractivity contribution >= 4 is 144 Å². The molecule has 0 N–H and O–H groups in total. The summed E-state index contributed by atoms with van der Waals surface area (Å²) < 4.78 is 86.7. The van der Waals surface area contributed by atoms with Gasteiger partial charge < -0.3 is 28.1 Å². The molecule has 0 spiro atoms. The van der Waals surface area contributed by atoms with Gasteiger partial charge in [-0.05, 0) is 221 Å². The van der Waals surface area contributed by atoms with Crippen LogP contribution in [-0.2, 0) is 27.1 Å². The summed E-state index contributed by atoms with van der Waals surface area (Å²) in [5.41, 5.74) is 28.7. The number of benzene rings is 16. The van der Waals surface area contributed by atoms with Crippen LogP contribution in [0.5, 0.6) is 0 Å². The Balaban J connectivity index is 0.985. The van der Waals surface area contributed by atoms with Crippen LogP contribution in [0.25, 0.3) is 143 Å². The fraction of sp³-hybridized carbons (Fsp3) is 0.172. The van der Waals surface area contributed by atoms with Gasteiger partial charge in [0.25, 0.3) is 6.71 Å². The fourth-order valence-electron chi connectivity index (χ4n) is 20.0. The van der Waals surface area contributed by atoms with E-state index in [4.69, 9.17) is 0 Å². The third-order valence-corrected chi connectivity index (χ3v) is 26.3. The number of aromatic nitrogens is 4. The molecular formula is C116H101BN6. The second-order valence-electron chi connectivity index (χ2n) is 39.2. The van der Waals surface area contributed by atoms with Crippen LogP contribution in [0.3, 0.4) is 0 Å². The van der Waals surface area contributed by atoms with E-state index in [1.54, 1.807) is 4.57 Å². The van der Waals surface area contributed by atoms with Gasteiger partial charge in [0.2, 0.25) is 0 Å². The van der Waals surface area contributed by atoms with Crippen LogP contribution in [0.15, 0.2) is 340 Å². The van der Waals surface area contributed by atoms with Crippen molar-refractivity contribution in [2.75, 3.05) is 9.80 Å². The largest absolute Gasteiger partial charge is 0.310 e. The maximum Gasteiger partial charge on any atom is 0.252 e. The zero-order valence-corrected chi connectivity index (χ0v) is 72.5. The van der Waals surface area contributed by atoms with Crippen LogP contribution in [0.1, 0.15) is 143 Å². The van der Waals surface area contributed by atoms with Crippen molar-refractivity contribution in [1.29, 1.82) is 0 Å². The number of anilines is 6. The van der Waals surface area contributed by atoms with E-state index < -0.39 is 43.0 Å². The molecule has 0 amide bonds. The summed E-state index contributed by atoms with van der Waals surface area (Å²) >= 11 is 0. The number of hydrogen-bond acceptors (Lipinski definition) is 2. The third-order valence-electron chi connectivity index (χ3n) is 26.3. The van der Waals surface area contributed by atoms with Crippen molar-refractivity contribution in [3.8, 4) is 56.1 Å². The van der Waals surface area contributed by atoms with Crippen molar-refractivity contribution in [3.05, 3.63) is 367 Å². The number of nitrogens with zero attached hydrogens (tertiary/aromatic N) is 6. The molecule has 2 aliphatic rings. The van der Waals surface area contributed by atoms with Gasteiger partial charge in [0.05, 0.1) is 72.2 Å². The Labute approximate surface area is 733 Å². The van der Waals surface area contributed by atoms with E-state index in [0.29, 0.717) is 5.69 Å². The van der Waals surface area contributed by atoms with E-state index in [1.165, 1.54) is 38.6 Å². The molecule has 6 nitrogen and oxygen atoms in total. The molecule has 7 heteroatoms. The highest BCUT2D eigenvalue weighted by atomic mass is 15.2. The zero-order valence-electron chi connectivity index (χ0n) is 80.5. The average Bonchev–Trinajstić information content (AvgIpc) is 1.59. The third kappa shape index (κ3) is 12.0. The highest BCUT2D eigenvalue weighted by Gasteiger charge is 2.47. The van der Waals surface area contributed by atoms with Crippen molar-refractivity contribution in [3.63, 3.8) is 0 Å². The molecule has 0 saturated heterocycles. The monoisotopic (exact) mass is 1600 g/mol. The molecule has 598 valence electrons. The summed E-state index contributed by atoms with van der Waals surface area (Å²) in [4.78, 5) is 5.16. The summed E-state index contributed by atoms with van der Waals surface area (Å²) in [6.07, 6.45) is 0. The van der Waals surface area contributed by atoms with Crippen LogP contribution in [0.4, 0.5) is 34.1 Å². The predicted molar refractivity (Wildman–Crippen MR) is 528 cm³/mol. The van der Waals surface area contributed by atoms with Crippen LogP contribution < -0.4 is 26.2 Å². The fourth-order valence-corrected chi connectivity index (χ4v) is 20.0. The van der Waals surface area contributed by atoms with Gasteiger partial charge in [-0.15, -0.1) is 0 Å². The Kier molecular flexibility index (Phi) is 15.0. The molecule has 0 unspecified atom stereocenters. The van der Waals surface area contributed by atoms with Crippen LogP contribution in [0, 0.1) is 0 Å². The molecule has 16 aromatic carbocycles. The molecule has 20 aromatic rings. The summed E-state index contributed by atoms with van der Waals surface area (Å²) in [5.74, 6) is 0. The quantitative estimate of drug-likeness (QED) is 0.135. The summed E-state index contributed by atoms with van der Waals surface area (Å²) in [6.45, 7) is 33.9. The van der Waals surface area contributed by atoms with Gasteiger partial charge in [0.1, 0.15) is 0 Å². The first-order valence-electron chi connectivity index (χ1n) is 47.3. The Morgan fingerprint density at radius 2 is 0.577 bits per heavy atom. The molecule has 6 heterocycles. The molecule has 0 fully saturated rings. The Hall–Kier alpha value is -13.6. The lowest BCUT2D eigenvalue weighted by Gasteiger charge is -2.46. The Morgan fingerprint density at radius 1 is 0.236 bits per heavy atom. The topological polar surface area (TPSA) is 26.2 Å². The molecule has 4 aromatic heterocycles. The van der Waals surface area contributed by atoms with Gasteiger partial charge in [-0.25, -0.2) is 0 Å². The highest BCUT2D eigenvalue weighted by Crippen LogP contribution is 2.57. The molecule has 0 atom stereocenters. The number of fused-ring (bicyclic) bond motifs is 16. The van der Waals surface area contributed by atoms with Crippen molar-refractivity contribution in [1.82, 2.24) is 18.3 Å². The van der Waals surface area contributed by atoms with E-state index in [1.807, 2.05) is 6.07 Å². The van der Waals surface area contributed by atoms with Crippen LogP contribution >= 0.6 is 0 Å². The van der Waals surface area contributed by atoms with Gasteiger partial charge in [0.15, 0.2) is 0 Å². The number of rotatable bonds is 9. The van der Waals surface area contributed by atoms with Crippen molar-refractivity contribution in [2.24, 2.45) is 0 Å². The van der Waals surface area contributed by atoms with Crippen molar-refractivity contribution < 1.29 is 11.0 Å². The van der Waals surface area contributed by atoms with Crippen LogP contribution in [0.2, 0.25) is 0 Å². The van der Waals surface area contributed by atoms with Gasteiger partial charge in [0, 0.05) is 99.6 Å². The average molecular weight is 1600 g/mol. The lowest BCUT2D eigenvalue weighted by molar-refractivity contribution is 0.590. The minimum absolute atomic E-state index is 0.00241. The molecule has 123 heavy (non-hydrogen) atoms. The van der Waals surface area contributed by atoms with Gasteiger partial charge in [-0.3, -0.25) is 0 Å². The summed E-state index contributed by atoms with van der Waals surface area (Å²) in [5, 5.41) is 6.54. The molecule has 0 saturated carbocycles. The molecule has 0 radical (unpaired) electrons. The zero-order chi connectivity index (χ0) is 91.2. The lowest BCUT2D eigenvalue weighted by Crippen LogP contribution is -2.61. The molecular weight excluding hydrogens is 1490 g/mol. The first-order chi connectivity index (χ1) is 62.5. The van der Waals surface area contributed by atoms with Gasteiger partial charge >= 0.3 is 0 Å². The second-order valence-corrected chi connectivity index (χ2v) is 39.2. The standard InChI is InChI=1S/C116H101BN6/c1-112(2,3)75-48-57-99-90(62-75)91-63-76(113(4,5)6)49-58-100(91)120(99)82-53-55-94-104(68-82)122(110-88(73-36-22-17-23-37-73)66-79(116(13,14)15)67-89(110)74-38-24-18-25-39-74)106-70-83(121-101-59-50-77(114(7,8)9)64-92(101)93-65-78(115(10,11)12)51-60-102(93)121)71-107-109(106)117(94)95-56-52-81(119-96-45-31-28-42-85(96)86-43-29-32-46-97(86)119)69-105(95)123(107)111-84(72-34-20-16-21-35-72)54-61-103-108(111)87-44-30-33-47-98(87)118(103)80-40-26-19-27-41-80/h16-71H,1-15H3/i28D,29D,31D,32D,42D,43D,45D,46D. The molecule has 2 aliphatic heterocycles. The first-order valence-corrected chi connectivity index (χ1v) is 43.3. The highest BCUT2D eigenvalue weighted by molar-refractivity contribution is 7.00. The minimum atomic E-state index is -0.606. The maximum atomic E-state index is 10.1. The minimum Gasteiger partial charge on any atom is -0.310 e. The van der Waals surface area contributed by atoms with E-state index in [2.05, 4.69) is 412 Å². The van der Waals surface area contributed by atoms with Crippen LogP contribution in [-0.4, -0.2) is 25.0 Å². The molecule has 22 rings (SSSR count). The SMILES string of the molecule is [2H]c1c([2H])c([2H])c2c(c1[2H])c1c([2H])c([2H])c([2H])c([2H])c1n2-c1ccc2c(c1)N(c1c(-c3ccccc3)ccc3c1c1ccccc1n3-c1ccccc1)c1cc(-n3c4ccc(C(C)(C)C)cc4c4cc(C(C)(C)C)ccc43)cc3c1B2c1ccc(-n2c4ccc(C(C)(C)C)cc4c4cc(C(C)(C)C)ccc42)cc1N3c1c(-c2ccccc2)cc(C(C)(C)C)cc1-c1ccccc1.